The van der Waals surface area contributed by atoms with E-state index in [-0.39, 0.29) is 18.9 Å². The molecule has 0 heterocycles. The summed E-state index contributed by atoms with van der Waals surface area (Å²) in [5.74, 6) is -0.628. The number of anilines is 1. The lowest BCUT2D eigenvalue weighted by atomic mass is 10.1. The van der Waals surface area contributed by atoms with Crippen LogP contribution in [0.15, 0.2) is 42.5 Å². The first-order valence-corrected chi connectivity index (χ1v) is 9.83. The van der Waals surface area contributed by atoms with Crippen LogP contribution in [0.3, 0.4) is 0 Å². The Morgan fingerprint density at radius 1 is 0.933 bits per heavy atom. The SMILES string of the molecule is Cc1ccc(OCCCC(=O)OCC(=O)NCC(=O)Nc2cccc(C)c2C)cc1. The molecule has 30 heavy (non-hydrogen) atoms. The molecule has 0 aromatic heterocycles. The minimum atomic E-state index is -0.532. The summed E-state index contributed by atoms with van der Waals surface area (Å²) in [5.41, 5.74) is 3.88. The smallest absolute Gasteiger partial charge is 0.306 e. The highest BCUT2D eigenvalue weighted by atomic mass is 16.5. The van der Waals surface area contributed by atoms with Gasteiger partial charge in [0.05, 0.1) is 13.2 Å². The van der Waals surface area contributed by atoms with E-state index in [9.17, 15) is 14.4 Å². The Hall–Kier alpha value is -3.35. The maximum absolute atomic E-state index is 12.0. The summed E-state index contributed by atoms with van der Waals surface area (Å²) in [4.78, 5) is 35.5. The predicted molar refractivity (Wildman–Crippen MR) is 114 cm³/mol. The summed E-state index contributed by atoms with van der Waals surface area (Å²) < 4.78 is 10.5. The Labute approximate surface area is 176 Å². The topological polar surface area (TPSA) is 93.7 Å². The second-order valence-corrected chi connectivity index (χ2v) is 7.00. The van der Waals surface area contributed by atoms with E-state index < -0.39 is 18.5 Å². The van der Waals surface area contributed by atoms with Crippen LogP contribution < -0.4 is 15.4 Å². The van der Waals surface area contributed by atoms with Crippen LogP contribution in [-0.2, 0) is 19.1 Å². The number of rotatable bonds is 10. The molecule has 2 aromatic carbocycles. The molecular formula is C23H28N2O5. The van der Waals surface area contributed by atoms with Crippen molar-refractivity contribution in [3.05, 3.63) is 59.2 Å². The van der Waals surface area contributed by atoms with E-state index in [0.717, 1.165) is 22.4 Å². The molecule has 2 rings (SSSR count). The molecule has 0 aliphatic heterocycles. The number of nitrogens with one attached hydrogen (secondary N) is 2. The summed E-state index contributed by atoms with van der Waals surface area (Å²) >= 11 is 0. The van der Waals surface area contributed by atoms with E-state index >= 15 is 0 Å². The van der Waals surface area contributed by atoms with Crippen LogP contribution in [0.25, 0.3) is 0 Å². The number of hydrogen-bond acceptors (Lipinski definition) is 5. The minimum Gasteiger partial charge on any atom is -0.494 e. The van der Waals surface area contributed by atoms with E-state index in [1.165, 1.54) is 0 Å². The monoisotopic (exact) mass is 412 g/mol. The third kappa shape index (κ3) is 7.95. The quantitative estimate of drug-likeness (QED) is 0.462. The van der Waals surface area contributed by atoms with Crippen molar-refractivity contribution in [3.8, 4) is 5.75 Å². The molecule has 0 saturated carbocycles. The number of ether oxygens (including phenoxy) is 2. The molecule has 0 unspecified atom stereocenters. The fourth-order valence-corrected chi connectivity index (χ4v) is 2.57. The number of amides is 2. The zero-order valence-electron chi connectivity index (χ0n) is 17.6. The maximum Gasteiger partial charge on any atom is 0.306 e. The standard InChI is InChI=1S/C23H28N2O5/c1-16-9-11-19(12-10-16)29-13-5-8-23(28)30-15-22(27)24-14-21(26)25-20-7-4-6-17(2)18(20)3/h4,6-7,9-12H,5,8,13-15H2,1-3H3,(H,24,27)(H,25,26). The molecule has 0 atom stereocenters. The van der Waals surface area contributed by atoms with Gasteiger partial charge in [-0.3, -0.25) is 14.4 Å². The second kappa shape index (κ2) is 11.6. The van der Waals surface area contributed by atoms with Gasteiger partial charge in [0.2, 0.25) is 5.91 Å². The summed E-state index contributed by atoms with van der Waals surface area (Å²) in [6.07, 6.45) is 0.624. The van der Waals surface area contributed by atoms with Crippen molar-refractivity contribution in [3.63, 3.8) is 0 Å². The fraction of sp³-hybridized carbons (Fsp3) is 0.348. The Bertz CT molecular complexity index is 878. The number of esters is 1. The van der Waals surface area contributed by atoms with Gasteiger partial charge in [0.15, 0.2) is 6.61 Å². The predicted octanol–water partition coefficient (Wildman–Crippen LogP) is 3.07. The molecule has 7 nitrogen and oxygen atoms in total. The van der Waals surface area contributed by atoms with Crippen LogP contribution in [0.1, 0.15) is 29.5 Å². The van der Waals surface area contributed by atoms with Gasteiger partial charge in [0.25, 0.3) is 5.91 Å². The average molecular weight is 412 g/mol. The van der Waals surface area contributed by atoms with Crippen molar-refractivity contribution in [1.29, 1.82) is 0 Å². The van der Waals surface area contributed by atoms with Crippen LogP contribution in [0.2, 0.25) is 0 Å². The number of benzene rings is 2. The van der Waals surface area contributed by atoms with Gasteiger partial charge in [-0.1, -0.05) is 29.8 Å². The molecule has 2 aromatic rings. The summed E-state index contributed by atoms with van der Waals surface area (Å²) in [7, 11) is 0. The van der Waals surface area contributed by atoms with Gasteiger partial charge < -0.3 is 20.1 Å². The first-order valence-electron chi connectivity index (χ1n) is 9.83. The Kier molecular flexibility index (Phi) is 8.87. The molecule has 160 valence electrons. The molecule has 0 aliphatic carbocycles. The van der Waals surface area contributed by atoms with E-state index in [2.05, 4.69) is 10.6 Å². The van der Waals surface area contributed by atoms with Crippen LogP contribution in [0, 0.1) is 20.8 Å². The Balaban J connectivity index is 1.58. The summed E-state index contributed by atoms with van der Waals surface area (Å²) in [6, 6.07) is 13.2. The van der Waals surface area contributed by atoms with Gasteiger partial charge in [-0.05, 0) is 56.5 Å². The van der Waals surface area contributed by atoms with Crippen molar-refractivity contribution >= 4 is 23.5 Å². The highest BCUT2D eigenvalue weighted by molar-refractivity contribution is 5.95. The van der Waals surface area contributed by atoms with Crippen LogP contribution in [0.4, 0.5) is 5.69 Å². The number of carbonyl (C=O) groups is 3. The maximum atomic E-state index is 12.0. The molecule has 0 fully saturated rings. The first kappa shape index (κ1) is 22.9. The molecule has 0 aliphatic rings. The first-order chi connectivity index (χ1) is 14.3. The fourth-order valence-electron chi connectivity index (χ4n) is 2.57. The molecular weight excluding hydrogens is 384 g/mol. The third-order valence-corrected chi connectivity index (χ3v) is 4.50. The van der Waals surface area contributed by atoms with Crippen molar-refractivity contribution in [2.75, 3.05) is 25.1 Å². The molecule has 2 N–H and O–H groups in total. The van der Waals surface area contributed by atoms with Gasteiger partial charge in [0, 0.05) is 12.1 Å². The normalized spacial score (nSPS) is 10.2. The highest BCUT2D eigenvalue weighted by Gasteiger charge is 2.10. The zero-order chi connectivity index (χ0) is 21.9. The van der Waals surface area contributed by atoms with Crippen molar-refractivity contribution < 1.29 is 23.9 Å². The number of carbonyl (C=O) groups excluding carboxylic acids is 3. The number of hydrogen-bond donors (Lipinski definition) is 2. The minimum absolute atomic E-state index is 0.145. The van der Waals surface area contributed by atoms with Gasteiger partial charge in [-0.25, -0.2) is 0 Å². The second-order valence-electron chi connectivity index (χ2n) is 7.00. The molecule has 0 spiro atoms. The van der Waals surface area contributed by atoms with E-state index in [1.807, 2.05) is 57.2 Å². The summed E-state index contributed by atoms with van der Waals surface area (Å²) in [5, 5.41) is 5.18. The van der Waals surface area contributed by atoms with Gasteiger partial charge >= 0.3 is 5.97 Å². The number of aryl methyl sites for hydroxylation is 2. The molecule has 0 saturated heterocycles. The van der Waals surface area contributed by atoms with Crippen molar-refractivity contribution in [2.45, 2.75) is 33.6 Å². The molecule has 7 heteroatoms. The molecule has 0 bridgehead atoms. The average Bonchev–Trinajstić information content (AvgIpc) is 2.73. The highest BCUT2D eigenvalue weighted by Crippen LogP contribution is 2.17. The van der Waals surface area contributed by atoms with Crippen LogP contribution in [-0.4, -0.2) is 37.5 Å². The van der Waals surface area contributed by atoms with Crippen LogP contribution in [0.5, 0.6) is 5.75 Å². The van der Waals surface area contributed by atoms with Crippen molar-refractivity contribution in [2.24, 2.45) is 0 Å². The lowest BCUT2D eigenvalue weighted by molar-refractivity contribution is -0.148. The molecule has 0 radical (unpaired) electrons. The third-order valence-electron chi connectivity index (χ3n) is 4.50. The van der Waals surface area contributed by atoms with Crippen molar-refractivity contribution in [1.82, 2.24) is 5.32 Å². The molecule has 2 amide bonds. The lowest BCUT2D eigenvalue weighted by Crippen LogP contribution is -2.35. The van der Waals surface area contributed by atoms with E-state index in [0.29, 0.717) is 18.7 Å². The summed E-state index contributed by atoms with van der Waals surface area (Å²) in [6.45, 7) is 5.61. The van der Waals surface area contributed by atoms with Gasteiger partial charge in [-0.2, -0.15) is 0 Å². The Morgan fingerprint density at radius 3 is 2.40 bits per heavy atom. The van der Waals surface area contributed by atoms with Crippen LogP contribution >= 0.6 is 0 Å². The zero-order valence-corrected chi connectivity index (χ0v) is 17.6. The largest absolute Gasteiger partial charge is 0.494 e. The van der Waals surface area contributed by atoms with E-state index in [1.54, 1.807) is 6.07 Å². The lowest BCUT2D eigenvalue weighted by Gasteiger charge is -2.11. The van der Waals surface area contributed by atoms with Gasteiger partial charge in [-0.15, -0.1) is 0 Å². The Morgan fingerprint density at radius 2 is 1.67 bits per heavy atom. The van der Waals surface area contributed by atoms with Gasteiger partial charge in [0.1, 0.15) is 5.75 Å². The van der Waals surface area contributed by atoms with E-state index in [4.69, 9.17) is 9.47 Å².